The van der Waals surface area contributed by atoms with Crippen LogP contribution in [0.3, 0.4) is 0 Å². The van der Waals surface area contributed by atoms with Crippen LogP contribution in [0, 0.1) is 6.42 Å². The summed E-state index contributed by atoms with van der Waals surface area (Å²) in [6, 6.07) is 0. The molecule has 0 aromatic rings. The van der Waals surface area contributed by atoms with Crippen LogP contribution in [0.5, 0.6) is 0 Å². The molecule has 0 aromatic carbocycles. The van der Waals surface area contributed by atoms with Crippen molar-refractivity contribution in [2.75, 3.05) is 0 Å². The molecule has 1 aliphatic carbocycles. The van der Waals surface area contributed by atoms with Crippen molar-refractivity contribution in [2.45, 2.75) is 19.5 Å². The maximum absolute atomic E-state index is 13.1. The van der Waals surface area contributed by atoms with E-state index in [1.165, 1.54) is 13.0 Å². The molecule has 10 heavy (non-hydrogen) atoms. The van der Waals surface area contributed by atoms with E-state index in [-0.39, 0.29) is 0 Å². The molecule has 0 nitrogen and oxygen atoms in total. The predicted molar refractivity (Wildman–Crippen MR) is 41.5 cm³/mol. The van der Waals surface area contributed by atoms with Crippen molar-refractivity contribution in [1.82, 2.24) is 0 Å². The van der Waals surface area contributed by atoms with Gasteiger partial charge in [0.25, 0.3) is 0 Å². The molecule has 0 heterocycles. The minimum atomic E-state index is -1.37. The van der Waals surface area contributed by atoms with Crippen LogP contribution in [0.2, 0.25) is 0 Å². The normalized spacial score (nSPS) is 33.2. The molecule has 0 saturated heterocycles. The number of allylic oxidation sites excluding steroid dienone is 4. The van der Waals surface area contributed by atoms with Crippen molar-refractivity contribution in [1.29, 1.82) is 0 Å². The lowest BCUT2D eigenvalue weighted by atomic mass is 9.94. The number of hydrogen-bond acceptors (Lipinski definition) is 0. The first kappa shape index (κ1) is 7.80. The smallest absolute Gasteiger partial charge is 0.135 e. The third kappa shape index (κ3) is 1.84. The molecular formula is C8H9ClF. The molecule has 0 fully saturated rings. The second-order valence-electron chi connectivity index (χ2n) is 2.71. The molecular weight excluding hydrogens is 151 g/mol. The Kier molecular flexibility index (Phi) is 1.86. The van der Waals surface area contributed by atoms with Crippen molar-refractivity contribution in [3.63, 3.8) is 0 Å². The minimum Gasteiger partial charge on any atom is -0.239 e. The average Bonchev–Trinajstić information content (AvgIpc) is 1.54. The van der Waals surface area contributed by atoms with Gasteiger partial charge in [0.2, 0.25) is 0 Å². The molecule has 1 unspecified atom stereocenters. The predicted octanol–water partition coefficient (Wildman–Crippen LogP) is 3.00. The summed E-state index contributed by atoms with van der Waals surface area (Å²) >= 11 is 5.62. The third-order valence-corrected chi connectivity index (χ3v) is 1.51. The molecule has 55 valence electrons. The molecule has 0 amide bonds. The summed E-state index contributed by atoms with van der Waals surface area (Å²) in [7, 11) is 0. The van der Waals surface area contributed by atoms with Gasteiger partial charge in [-0.1, -0.05) is 17.2 Å². The van der Waals surface area contributed by atoms with Crippen molar-refractivity contribution < 1.29 is 4.39 Å². The van der Waals surface area contributed by atoms with Gasteiger partial charge in [0.15, 0.2) is 0 Å². The van der Waals surface area contributed by atoms with Gasteiger partial charge in [-0.2, -0.15) is 0 Å². The summed E-state index contributed by atoms with van der Waals surface area (Å²) < 4.78 is 13.1. The second-order valence-corrected chi connectivity index (χ2v) is 3.15. The van der Waals surface area contributed by atoms with E-state index >= 15 is 0 Å². The summed E-state index contributed by atoms with van der Waals surface area (Å²) in [4.78, 5) is 0. The molecule has 1 radical (unpaired) electrons. The van der Waals surface area contributed by atoms with Crippen LogP contribution in [0.4, 0.5) is 4.39 Å². The Hall–Kier alpha value is -0.300. The number of rotatable bonds is 0. The van der Waals surface area contributed by atoms with E-state index in [2.05, 4.69) is 0 Å². The van der Waals surface area contributed by atoms with E-state index in [1.54, 1.807) is 12.5 Å². The Morgan fingerprint density at radius 3 is 2.60 bits per heavy atom. The van der Waals surface area contributed by atoms with Gasteiger partial charge < -0.3 is 0 Å². The van der Waals surface area contributed by atoms with Crippen LogP contribution in [-0.4, -0.2) is 5.67 Å². The van der Waals surface area contributed by atoms with Crippen LogP contribution in [-0.2, 0) is 0 Å². The van der Waals surface area contributed by atoms with E-state index in [0.29, 0.717) is 5.03 Å². The highest BCUT2D eigenvalue weighted by molar-refractivity contribution is 6.31. The molecule has 0 spiro atoms. The second kappa shape index (κ2) is 2.39. The summed E-state index contributed by atoms with van der Waals surface area (Å²) in [5.74, 6) is 0. The van der Waals surface area contributed by atoms with E-state index in [4.69, 9.17) is 11.6 Å². The van der Waals surface area contributed by atoms with Gasteiger partial charge in [-0.25, -0.2) is 4.39 Å². The van der Waals surface area contributed by atoms with Crippen LogP contribution in [0.1, 0.15) is 13.8 Å². The fourth-order valence-electron chi connectivity index (χ4n) is 1.06. The molecule has 0 saturated carbocycles. The fraction of sp³-hybridized carbons (Fsp3) is 0.375. The molecule has 0 aromatic heterocycles. The fourth-order valence-corrected chi connectivity index (χ4v) is 1.44. The zero-order chi connectivity index (χ0) is 7.78. The van der Waals surface area contributed by atoms with Crippen LogP contribution < -0.4 is 0 Å². The van der Waals surface area contributed by atoms with E-state index in [0.717, 1.165) is 5.57 Å². The van der Waals surface area contributed by atoms with Gasteiger partial charge in [-0.15, -0.1) is 0 Å². The third-order valence-electron chi connectivity index (χ3n) is 1.30. The van der Waals surface area contributed by atoms with E-state index in [9.17, 15) is 4.39 Å². The van der Waals surface area contributed by atoms with Gasteiger partial charge >= 0.3 is 0 Å². The van der Waals surface area contributed by atoms with Crippen molar-refractivity contribution >= 4 is 11.6 Å². The maximum Gasteiger partial charge on any atom is 0.135 e. The summed E-state index contributed by atoms with van der Waals surface area (Å²) in [6.07, 6.45) is 4.67. The quantitative estimate of drug-likeness (QED) is 0.510. The Labute approximate surface area is 65.4 Å². The first-order chi connectivity index (χ1) is 4.49. The first-order valence-corrected chi connectivity index (χ1v) is 3.49. The van der Waals surface area contributed by atoms with Crippen molar-refractivity contribution in [3.05, 3.63) is 29.2 Å². The van der Waals surface area contributed by atoms with Crippen molar-refractivity contribution in [2.24, 2.45) is 0 Å². The molecule has 0 N–H and O–H groups in total. The summed E-state index contributed by atoms with van der Waals surface area (Å²) in [5, 5.41) is 0.477. The minimum absolute atomic E-state index is 0.477. The van der Waals surface area contributed by atoms with Gasteiger partial charge in [-0.05, 0) is 26.0 Å². The zero-order valence-corrected chi connectivity index (χ0v) is 6.74. The Morgan fingerprint density at radius 2 is 2.20 bits per heavy atom. The van der Waals surface area contributed by atoms with Crippen LogP contribution in [0.25, 0.3) is 0 Å². The highest BCUT2D eigenvalue weighted by Crippen LogP contribution is 2.29. The van der Waals surface area contributed by atoms with E-state index < -0.39 is 5.67 Å². The first-order valence-electron chi connectivity index (χ1n) is 3.11. The van der Waals surface area contributed by atoms with Crippen LogP contribution in [0.15, 0.2) is 22.8 Å². The Balaban J connectivity index is 2.88. The van der Waals surface area contributed by atoms with Gasteiger partial charge in [0.05, 0.1) is 0 Å². The van der Waals surface area contributed by atoms with Gasteiger partial charge in [-0.3, -0.25) is 0 Å². The van der Waals surface area contributed by atoms with Crippen LogP contribution >= 0.6 is 11.6 Å². The molecule has 0 bridgehead atoms. The zero-order valence-electron chi connectivity index (χ0n) is 5.99. The molecule has 2 heteroatoms. The summed E-state index contributed by atoms with van der Waals surface area (Å²) in [6.45, 7) is 3.30. The SMILES string of the molecule is CC1=CC(Cl)=CC(C)(F)[CH]1. The highest BCUT2D eigenvalue weighted by atomic mass is 35.5. The maximum atomic E-state index is 13.1. The number of halogens is 2. The highest BCUT2D eigenvalue weighted by Gasteiger charge is 2.24. The molecule has 0 aliphatic heterocycles. The topological polar surface area (TPSA) is 0 Å². The summed E-state index contributed by atoms with van der Waals surface area (Å²) in [5.41, 5.74) is -0.492. The van der Waals surface area contributed by atoms with Crippen molar-refractivity contribution in [3.8, 4) is 0 Å². The van der Waals surface area contributed by atoms with Gasteiger partial charge in [0, 0.05) is 11.5 Å². The lowest BCUT2D eigenvalue weighted by Gasteiger charge is -2.19. The average molecular weight is 160 g/mol. The molecule has 1 rings (SSSR count). The molecule has 1 atom stereocenters. The largest absolute Gasteiger partial charge is 0.239 e. The number of hydrogen-bond donors (Lipinski definition) is 0. The number of alkyl halides is 1. The Bertz CT molecular complexity index is 201. The molecule has 1 aliphatic rings. The lowest BCUT2D eigenvalue weighted by Crippen LogP contribution is -2.18. The lowest BCUT2D eigenvalue weighted by molar-refractivity contribution is 0.305. The monoisotopic (exact) mass is 159 g/mol. The standard InChI is InChI=1S/C8H9ClF/c1-6-3-7(9)5-8(2,10)4-6/h3-5H,1-2H3. The van der Waals surface area contributed by atoms with E-state index in [1.807, 2.05) is 6.92 Å². The van der Waals surface area contributed by atoms with Gasteiger partial charge in [0.1, 0.15) is 5.67 Å². The Morgan fingerprint density at radius 1 is 1.60 bits per heavy atom.